The van der Waals surface area contributed by atoms with Crippen molar-refractivity contribution in [3.8, 4) is 0 Å². The second-order valence-corrected chi connectivity index (χ2v) is 7.54. The van der Waals surface area contributed by atoms with Crippen LogP contribution in [0.4, 0.5) is 9.39 Å². The Labute approximate surface area is 163 Å². The summed E-state index contributed by atoms with van der Waals surface area (Å²) in [6.45, 7) is 3.40. The van der Waals surface area contributed by atoms with Gasteiger partial charge in [0.25, 0.3) is 5.91 Å². The number of ether oxygens (including phenoxy) is 2. The van der Waals surface area contributed by atoms with E-state index in [1.165, 1.54) is 6.07 Å². The number of halogens is 2. The van der Waals surface area contributed by atoms with E-state index in [2.05, 4.69) is 5.32 Å². The maximum Gasteiger partial charge on any atom is 0.349 e. The highest BCUT2D eigenvalue weighted by Crippen LogP contribution is 2.30. The Kier molecular flexibility index (Phi) is 5.48. The topological polar surface area (TPSA) is 81.7 Å². The molecule has 9 heteroatoms. The number of carbonyl (C=O) groups excluding carboxylic acids is 3. The lowest BCUT2D eigenvalue weighted by atomic mass is 10.2. The Morgan fingerprint density at radius 2 is 2.11 bits per heavy atom. The van der Waals surface area contributed by atoms with E-state index in [1.54, 1.807) is 19.9 Å². The Balaban J connectivity index is 1.71. The molecule has 142 valence electrons. The van der Waals surface area contributed by atoms with Crippen LogP contribution >= 0.6 is 22.9 Å². The lowest BCUT2D eigenvalue weighted by Gasteiger charge is -2.07. The molecular formula is C18H15ClFNO5S. The second-order valence-electron chi connectivity index (χ2n) is 6.08. The molecule has 1 N–H and O–H groups in total. The number of rotatable bonds is 4. The van der Waals surface area contributed by atoms with E-state index in [0.29, 0.717) is 17.0 Å². The fourth-order valence-electron chi connectivity index (χ4n) is 2.60. The van der Waals surface area contributed by atoms with Crippen LogP contribution in [-0.2, 0) is 14.3 Å². The number of aryl methyl sites for hydroxylation is 1. The average Bonchev–Trinajstić information content (AvgIpc) is 3.08. The number of nitrogens with one attached hydrogen (secondary N) is 1. The molecule has 1 aromatic carbocycles. The Bertz CT molecular complexity index is 928. The van der Waals surface area contributed by atoms with Crippen LogP contribution in [0.1, 0.15) is 38.9 Å². The predicted octanol–water partition coefficient (Wildman–Crippen LogP) is 3.96. The third kappa shape index (κ3) is 4.28. The largest absolute Gasteiger partial charge is 0.460 e. The fraction of sp³-hybridized carbons (Fsp3) is 0.278. The molecule has 3 rings (SSSR count). The Morgan fingerprint density at radius 3 is 2.74 bits per heavy atom. The first-order valence-corrected chi connectivity index (χ1v) is 9.22. The van der Waals surface area contributed by atoms with Crippen molar-refractivity contribution in [3.05, 3.63) is 51.1 Å². The van der Waals surface area contributed by atoms with E-state index in [9.17, 15) is 18.8 Å². The number of esters is 2. The number of hydrogen-bond acceptors (Lipinski definition) is 6. The fourth-order valence-corrected chi connectivity index (χ4v) is 3.80. The molecule has 0 unspecified atom stereocenters. The van der Waals surface area contributed by atoms with Crippen molar-refractivity contribution >= 4 is 45.8 Å². The van der Waals surface area contributed by atoms with Crippen molar-refractivity contribution in [2.45, 2.75) is 32.5 Å². The lowest BCUT2D eigenvalue weighted by Crippen LogP contribution is -2.22. The molecule has 1 amide bonds. The summed E-state index contributed by atoms with van der Waals surface area (Å²) in [5.41, 5.74) is 0.695. The lowest BCUT2D eigenvalue weighted by molar-refractivity contribution is -0.147. The van der Waals surface area contributed by atoms with Crippen molar-refractivity contribution in [2.24, 2.45) is 0 Å². The summed E-state index contributed by atoms with van der Waals surface area (Å²) in [6.07, 6.45) is -0.915. The highest BCUT2D eigenvalue weighted by molar-refractivity contribution is 7.18. The molecule has 2 aromatic rings. The molecule has 0 saturated carbocycles. The smallest absolute Gasteiger partial charge is 0.349 e. The molecule has 1 saturated heterocycles. The van der Waals surface area contributed by atoms with E-state index in [0.717, 1.165) is 23.5 Å². The minimum Gasteiger partial charge on any atom is -0.460 e. The van der Waals surface area contributed by atoms with Crippen molar-refractivity contribution in [1.29, 1.82) is 0 Å². The van der Waals surface area contributed by atoms with Crippen molar-refractivity contribution < 1.29 is 28.2 Å². The molecule has 0 aliphatic carbocycles. The van der Waals surface area contributed by atoms with Gasteiger partial charge in [-0.15, -0.1) is 11.3 Å². The summed E-state index contributed by atoms with van der Waals surface area (Å²) in [7, 11) is 0. The average molecular weight is 412 g/mol. The van der Waals surface area contributed by atoms with Gasteiger partial charge in [0.05, 0.1) is 15.6 Å². The monoisotopic (exact) mass is 411 g/mol. The number of amides is 1. The van der Waals surface area contributed by atoms with Crippen LogP contribution in [0.5, 0.6) is 0 Å². The van der Waals surface area contributed by atoms with Crippen LogP contribution < -0.4 is 5.32 Å². The van der Waals surface area contributed by atoms with Crippen molar-refractivity contribution in [2.75, 3.05) is 5.32 Å². The zero-order chi connectivity index (χ0) is 19.7. The zero-order valence-corrected chi connectivity index (χ0v) is 15.9. The number of hydrogen-bond donors (Lipinski definition) is 1. The SMILES string of the molecule is Cc1cc(NC(=O)c2ccc(F)cc2Cl)sc1C(=O)O[C@@H]1C[C@H](C)OC1=O. The normalized spacial score (nSPS) is 18.9. The van der Waals surface area contributed by atoms with Gasteiger partial charge in [0, 0.05) is 6.42 Å². The number of benzene rings is 1. The van der Waals surface area contributed by atoms with Gasteiger partial charge in [-0.3, -0.25) is 4.79 Å². The molecule has 27 heavy (non-hydrogen) atoms. The van der Waals surface area contributed by atoms with E-state index >= 15 is 0 Å². The van der Waals surface area contributed by atoms with Gasteiger partial charge in [0.15, 0.2) is 0 Å². The van der Waals surface area contributed by atoms with E-state index in [4.69, 9.17) is 21.1 Å². The molecule has 1 aliphatic rings. The molecule has 0 bridgehead atoms. The zero-order valence-electron chi connectivity index (χ0n) is 14.4. The summed E-state index contributed by atoms with van der Waals surface area (Å²) in [4.78, 5) is 36.5. The van der Waals surface area contributed by atoms with Crippen LogP contribution in [0.2, 0.25) is 5.02 Å². The standard InChI is InChI=1S/C18H15ClFNO5S/c1-8-5-14(21-16(22)11-4-3-10(20)7-12(11)19)27-15(8)18(24)26-13-6-9(2)25-17(13)23/h3-5,7,9,13H,6H2,1-2H3,(H,21,22)/t9-,13+/m0/s1. The number of anilines is 1. The van der Waals surface area contributed by atoms with Crippen molar-refractivity contribution in [3.63, 3.8) is 0 Å². The first-order valence-electron chi connectivity index (χ1n) is 8.03. The molecule has 0 spiro atoms. The molecular weight excluding hydrogens is 397 g/mol. The first kappa shape index (κ1) is 19.3. The highest BCUT2D eigenvalue weighted by atomic mass is 35.5. The third-order valence-corrected chi connectivity index (χ3v) is 5.34. The first-order chi connectivity index (χ1) is 12.7. The highest BCUT2D eigenvalue weighted by Gasteiger charge is 2.35. The summed E-state index contributed by atoms with van der Waals surface area (Å²) in [6, 6.07) is 5.05. The van der Waals surface area contributed by atoms with Crippen LogP contribution in [-0.4, -0.2) is 30.1 Å². The summed E-state index contributed by atoms with van der Waals surface area (Å²) >= 11 is 6.89. The summed E-state index contributed by atoms with van der Waals surface area (Å²) in [5, 5.41) is 2.99. The van der Waals surface area contributed by atoms with Crippen LogP contribution in [0.15, 0.2) is 24.3 Å². The number of thiophene rings is 1. The van der Waals surface area contributed by atoms with Crippen LogP contribution in [0.3, 0.4) is 0 Å². The third-order valence-electron chi connectivity index (χ3n) is 3.89. The molecule has 1 aromatic heterocycles. The predicted molar refractivity (Wildman–Crippen MR) is 97.8 cm³/mol. The van der Waals surface area contributed by atoms with Gasteiger partial charge in [-0.05, 0) is 43.7 Å². The summed E-state index contributed by atoms with van der Waals surface area (Å²) < 4.78 is 23.3. The van der Waals surface area contributed by atoms with E-state index < -0.39 is 29.8 Å². The minimum absolute atomic E-state index is 0.0192. The van der Waals surface area contributed by atoms with Gasteiger partial charge >= 0.3 is 11.9 Å². The Morgan fingerprint density at radius 1 is 1.37 bits per heavy atom. The van der Waals surface area contributed by atoms with E-state index in [1.807, 2.05) is 0 Å². The van der Waals surface area contributed by atoms with Crippen LogP contribution in [0, 0.1) is 12.7 Å². The molecule has 1 fully saturated rings. The quantitative estimate of drug-likeness (QED) is 0.770. The molecule has 6 nitrogen and oxygen atoms in total. The number of carbonyl (C=O) groups is 3. The maximum absolute atomic E-state index is 13.1. The van der Waals surface area contributed by atoms with Crippen molar-refractivity contribution in [1.82, 2.24) is 0 Å². The van der Waals surface area contributed by atoms with Gasteiger partial charge in [0.1, 0.15) is 16.8 Å². The second kappa shape index (κ2) is 7.66. The maximum atomic E-state index is 13.1. The van der Waals surface area contributed by atoms with Gasteiger partial charge < -0.3 is 14.8 Å². The molecule has 2 heterocycles. The van der Waals surface area contributed by atoms with Gasteiger partial charge in [-0.25, -0.2) is 14.0 Å². The van der Waals surface area contributed by atoms with Crippen LogP contribution in [0.25, 0.3) is 0 Å². The Hall–Kier alpha value is -2.45. The molecule has 1 aliphatic heterocycles. The number of cyclic esters (lactones) is 1. The van der Waals surface area contributed by atoms with E-state index in [-0.39, 0.29) is 21.6 Å². The molecule has 2 atom stereocenters. The van der Waals surface area contributed by atoms with Gasteiger partial charge in [-0.2, -0.15) is 0 Å². The summed E-state index contributed by atoms with van der Waals surface area (Å²) in [5.74, 6) is -2.30. The van der Waals surface area contributed by atoms with Gasteiger partial charge in [-0.1, -0.05) is 11.6 Å². The molecule has 0 radical (unpaired) electrons. The van der Waals surface area contributed by atoms with Gasteiger partial charge in [0.2, 0.25) is 6.10 Å². The minimum atomic E-state index is -0.926.